The fraction of sp³-hybridized carbons (Fsp3) is 0.625. The number of sulfonamides is 1. The zero-order chi connectivity index (χ0) is 13.7. The van der Waals surface area contributed by atoms with Gasteiger partial charge in [-0.2, -0.15) is 4.31 Å². The Morgan fingerprint density at radius 3 is 2.40 bits per heavy atom. The number of nitrogens with zero attached hydrogens (tertiary/aromatic N) is 1. The van der Waals surface area contributed by atoms with Crippen molar-refractivity contribution in [3.8, 4) is 0 Å². The SMILES string of the molecule is O=S(=O)(c1ccc2c(c1)CCC2)N1CC2CCCC2C1. The molecule has 4 rings (SSSR count). The number of fused-ring (bicyclic) bond motifs is 2. The molecule has 2 fully saturated rings. The van der Waals surface area contributed by atoms with Crippen molar-refractivity contribution in [2.45, 2.75) is 43.4 Å². The van der Waals surface area contributed by atoms with Gasteiger partial charge in [0.2, 0.25) is 10.0 Å². The van der Waals surface area contributed by atoms with Gasteiger partial charge in [0.15, 0.2) is 0 Å². The van der Waals surface area contributed by atoms with E-state index in [0.29, 0.717) is 16.7 Å². The Bertz CT molecular complexity index is 626. The molecule has 0 spiro atoms. The molecule has 2 aliphatic carbocycles. The summed E-state index contributed by atoms with van der Waals surface area (Å²) in [7, 11) is -3.27. The van der Waals surface area contributed by atoms with Gasteiger partial charge in [-0.3, -0.25) is 0 Å². The first kappa shape index (κ1) is 12.8. The third-order valence-corrected chi connectivity index (χ3v) is 7.23. The Kier molecular flexibility index (Phi) is 2.93. The molecule has 1 aliphatic heterocycles. The van der Waals surface area contributed by atoms with Gasteiger partial charge in [-0.25, -0.2) is 8.42 Å². The Morgan fingerprint density at radius 2 is 1.65 bits per heavy atom. The van der Waals surface area contributed by atoms with E-state index >= 15 is 0 Å². The maximum Gasteiger partial charge on any atom is 0.243 e. The summed E-state index contributed by atoms with van der Waals surface area (Å²) < 4.78 is 27.3. The van der Waals surface area contributed by atoms with E-state index in [1.807, 2.05) is 18.2 Å². The second-order valence-corrected chi connectivity index (χ2v) is 8.50. The summed E-state index contributed by atoms with van der Waals surface area (Å²) >= 11 is 0. The topological polar surface area (TPSA) is 37.4 Å². The minimum atomic E-state index is -3.27. The molecule has 1 aromatic carbocycles. The average Bonchev–Trinajstić information content (AvgIpc) is 3.12. The second-order valence-electron chi connectivity index (χ2n) is 6.56. The van der Waals surface area contributed by atoms with Crippen LogP contribution in [0.15, 0.2) is 23.1 Å². The maximum absolute atomic E-state index is 12.8. The van der Waals surface area contributed by atoms with Crippen LogP contribution in [0.25, 0.3) is 0 Å². The van der Waals surface area contributed by atoms with Crippen LogP contribution in [0.1, 0.15) is 36.8 Å². The molecule has 2 unspecified atom stereocenters. The van der Waals surface area contributed by atoms with E-state index in [9.17, 15) is 8.42 Å². The summed E-state index contributed by atoms with van der Waals surface area (Å²) in [6.45, 7) is 1.48. The van der Waals surface area contributed by atoms with E-state index in [2.05, 4.69) is 0 Å². The van der Waals surface area contributed by atoms with Crippen LogP contribution in [-0.2, 0) is 22.9 Å². The first-order valence-corrected chi connectivity index (χ1v) is 9.20. The zero-order valence-electron chi connectivity index (χ0n) is 11.7. The normalized spacial score (nSPS) is 29.6. The molecule has 4 heteroatoms. The average molecular weight is 291 g/mol. The van der Waals surface area contributed by atoms with E-state index in [0.717, 1.165) is 32.4 Å². The van der Waals surface area contributed by atoms with E-state index in [4.69, 9.17) is 0 Å². The predicted octanol–water partition coefficient (Wildman–Crippen LogP) is 2.60. The number of aryl methyl sites for hydroxylation is 2. The number of hydrogen-bond donors (Lipinski definition) is 0. The van der Waals surface area contributed by atoms with Crippen molar-refractivity contribution < 1.29 is 8.42 Å². The van der Waals surface area contributed by atoms with E-state index in [-0.39, 0.29) is 0 Å². The minimum absolute atomic E-state index is 0.512. The predicted molar refractivity (Wildman–Crippen MR) is 78.1 cm³/mol. The molecule has 1 aromatic rings. The Balaban J connectivity index is 1.64. The largest absolute Gasteiger partial charge is 0.243 e. The minimum Gasteiger partial charge on any atom is -0.207 e. The second kappa shape index (κ2) is 4.57. The molecule has 0 bridgehead atoms. The molecule has 3 aliphatic rings. The summed E-state index contributed by atoms with van der Waals surface area (Å²) in [5.74, 6) is 1.22. The zero-order valence-corrected chi connectivity index (χ0v) is 12.5. The Morgan fingerprint density at radius 1 is 0.950 bits per heavy atom. The van der Waals surface area contributed by atoms with Crippen molar-refractivity contribution >= 4 is 10.0 Å². The molecule has 1 saturated carbocycles. The summed E-state index contributed by atoms with van der Waals surface area (Å²) in [5.41, 5.74) is 2.58. The molecule has 20 heavy (non-hydrogen) atoms. The van der Waals surface area contributed by atoms with Crippen LogP contribution in [0.2, 0.25) is 0 Å². The van der Waals surface area contributed by atoms with Crippen molar-refractivity contribution in [1.82, 2.24) is 4.31 Å². The van der Waals surface area contributed by atoms with Gasteiger partial charge >= 0.3 is 0 Å². The van der Waals surface area contributed by atoms with Crippen molar-refractivity contribution in [3.05, 3.63) is 29.3 Å². The smallest absolute Gasteiger partial charge is 0.207 e. The van der Waals surface area contributed by atoms with Gasteiger partial charge in [0.1, 0.15) is 0 Å². The summed E-state index contributed by atoms with van der Waals surface area (Å²) in [5, 5.41) is 0. The third-order valence-electron chi connectivity index (χ3n) is 5.40. The molecule has 1 saturated heterocycles. The third kappa shape index (κ3) is 1.92. The van der Waals surface area contributed by atoms with Gasteiger partial charge in [0.25, 0.3) is 0 Å². The molecule has 2 atom stereocenters. The number of rotatable bonds is 2. The molecular formula is C16H21NO2S. The summed E-state index contributed by atoms with van der Waals surface area (Å²) in [6.07, 6.45) is 6.99. The van der Waals surface area contributed by atoms with Crippen LogP contribution in [0, 0.1) is 11.8 Å². The van der Waals surface area contributed by atoms with Gasteiger partial charge < -0.3 is 0 Å². The van der Waals surface area contributed by atoms with Crippen molar-refractivity contribution in [1.29, 1.82) is 0 Å². The maximum atomic E-state index is 12.8. The highest BCUT2D eigenvalue weighted by Gasteiger charge is 2.41. The molecule has 3 nitrogen and oxygen atoms in total. The number of hydrogen-bond acceptors (Lipinski definition) is 2. The van der Waals surface area contributed by atoms with Crippen molar-refractivity contribution in [2.75, 3.05) is 13.1 Å². The van der Waals surface area contributed by atoms with Gasteiger partial charge in [-0.15, -0.1) is 0 Å². The lowest BCUT2D eigenvalue weighted by molar-refractivity contribution is 0.445. The number of benzene rings is 1. The molecule has 0 aromatic heterocycles. The molecular weight excluding hydrogens is 270 g/mol. The Hall–Kier alpha value is -0.870. The van der Waals surface area contributed by atoms with Crippen LogP contribution in [-0.4, -0.2) is 25.8 Å². The lowest BCUT2D eigenvalue weighted by Crippen LogP contribution is -2.29. The van der Waals surface area contributed by atoms with E-state index in [1.54, 1.807) is 4.31 Å². The fourth-order valence-corrected chi connectivity index (χ4v) is 5.85. The van der Waals surface area contributed by atoms with Gasteiger partial charge in [-0.1, -0.05) is 12.5 Å². The molecule has 1 heterocycles. The van der Waals surface area contributed by atoms with E-state index in [1.165, 1.54) is 30.4 Å². The summed E-state index contributed by atoms with van der Waals surface area (Å²) in [4.78, 5) is 0.512. The van der Waals surface area contributed by atoms with Crippen LogP contribution in [0.3, 0.4) is 0 Å². The standard InChI is InChI=1S/C16H21NO2S/c18-20(19,17-10-14-5-2-6-15(14)11-17)16-8-7-12-3-1-4-13(12)9-16/h7-9,14-15H,1-6,10-11H2. The highest BCUT2D eigenvalue weighted by atomic mass is 32.2. The van der Waals surface area contributed by atoms with Crippen molar-refractivity contribution in [3.63, 3.8) is 0 Å². The Labute approximate surface area is 121 Å². The van der Waals surface area contributed by atoms with Gasteiger partial charge in [0.05, 0.1) is 4.90 Å². The summed E-state index contributed by atoms with van der Waals surface area (Å²) in [6, 6.07) is 5.76. The van der Waals surface area contributed by atoms with Crippen molar-refractivity contribution in [2.24, 2.45) is 11.8 Å². The van der Waals surface area contributed by atoms with Gasteiger partial charge in [-0.05, 0) is 67.2 Å². The van der Waals surface area contributed by atoms with Crippen LogP contribution in [0.5, 0.6) is 0 Å². The molecule has 0 radical (unpaired) electrons. The lowest BCUT2D eigenvalue weighted by atomic mass is 10.0. The van der Waals surface area contributed by atoms with Crippen LogP contribution >= 0.6 is 0 Å². The van der Waals surface area contributed by atoms with Gasteiger partial charge in [0, 0.05) is 13.1 Å². The highest BCUT2D eigenvalue weighted by molar-refractivity contribution is 7.89. The molecule has 108 valence electrons. The van der Waals surface area contributed by atoms with Crippen LogP contribution in [0.4, 0.5) is 0 Å². The fourth-order valence-electron chi connectivity index (χ4n) is 4.25. The molecule has 0 amide bonds. The molecule has 0 N–H and O–H groups in total. The monoisotopic (exact) mass is 291 g/mol. The lowest BCUT2D eigenvalue weighted by Gasteiger charge is -2.18. The van der Waals surface area contributed by atoms with Crippen LogP contribution < -0.4 is 0 Å². The first-order valence-electron chi connectivity index (χ1n) is 7.76. The van der Waals surface area contributed by atoms with E-state index < -0.39 is 10.0 Å². The first-order chi connectivity index (χ1) is 9.64. The quantitative estimate of drug-likeness (QED) is 0.840. The highest BCUT2D eigenvalue weighted by Crippen LogP contribution is 2.40.